The molecule has 0 atom stereocenters. The molecule has 0 saturated carbocycles. The molecular weight excluding hydrogens is 232 g/mol. The highest BCUT2D eigenvalue weighted by Gasteiger charge is 2.32. The maximum absolute atomic E-state index is 9.55. The van der Waals surface area contributed by atoms with Gasteiger partial charge in [-0.05, 0) is 25.0 Å². The lowest BCUT2D eigenvalue weighted by atomic mass is 9.91. The fraction of sp³-hybridized carbons (Fsp3) is 0.500. The van der Waals surface area contributed by atoms with Crippen LogP contribution in [0, 0.1) is 11.3 Å². The average molecular weight is 248 g/mol. The van der Waals surface area contributed by atoms with E-state index in [0.29, 0.717) is 37.6 Å². The zero-order chi connectivity index (χ0) is 13.0. The number of nitrogens with zero attached hydrogens (tertiary/aromatic N) is 2. The van der Waals surface area contributed by atoms with E-state index in [0.717, 1.165) is 0 Å². The molecule has 1 aromatic rings. The van der Waals surface area contributed by atoms with Crippen LogP contribution in [0.1, 0.15) is 18.5 Å². The molecule has 1 fully saturated rings. The fourth-order valence-corrected chi connectivity index (χ4v) is 1.99. The number of ether oxygens (including phenoxy) is 1. The van der Waals surface area contributed by atoms with E-state index in [4.69, 9.17) is 15.7 Å². The molecule has 0 unspecified atom stereocenters. The van der Waals surface area contributed by atoms with Crippen LogP contribution in [-0.2, 0) is 4.74 Å². The first-order chi connectivity index (χ1) is 8.69. The number of nitrogen functional groups attached to an aromatic ring is 1. The number of nitrogens with one attached hydrogen (secondary N) is 1. The normalized spacial score (nSPS) is 18.0. The lowest BCUT2D eigenvalue weighted by Crippen LogP contribution is -2.47. The van der Waals surface area contributed by atoms with Gasteiger partial charge in [0.05, 0.1) is 17.8 Å². The molecule has 2 rings (SSSR count). The first-order valence-corrected chi connectivity index (χ1v) is 5.82. The third-order valence-electron chi connectivity index (χ3n) is 3.18. The van der Waals surface area contributed by atoms with Gasteiger partial charge in [0.15, 0.2) is 5.69 Å². The van der Waals surface area contributed by atoms with Crippen molar-refractivity contribution in [3.63, 3.8) is 0 Å². The van der Waals surface area contributed by atoms with Gasteiger partial charge in [-0.15, -0.1) is 0 Å². The van der Waals surface area contributed by atoms with Gasteiger partial charge in [-0.1, -0.05) is 0 Å². The SMILES string of the molecule is N#Cc1nc(NC2(CO)CCOCC2)ccc1N. The molecule has 0 bridgehead atoms. The molecule has 1 aromatic heterocycles. The molecule has 1 aliphatic rings. The van der Waals surface area contributed by atoms with Gasteiger partial charge < -0.3 is 20.9 Å². The number of pyridine rings is 1. The number of aliphatic hydroxyl groups is 1. The molecule has 0 radical (unpaired) electrons. The van der Waals surface area contributed by atoms with Crippen LogP contribution in [0.5, 0.6) is 0 Å². The van der Waals surface area contributed by atoms with E-state index in [1.54, 1.807) is 12.1 Å². The Morgan fingerprint density at radius 1 is 1.50 bits per heavy atom. The van der Waals surface area contributed by atoms with Crippen molar-refractivity contribution < 1.29 is 9.84 Å². The van der Waals surface area contributed by atoms with E-state index in [9.17, 15) is 5.11 Å². The Labute approximate surface area is 105 Å². The molecule has 0 aliphatic carbocycles. The van der Waals surface area contributed by atoms with Crippen molar-refractivity contribution in [1.82, 2.24) is 4.98 Å². The Morgan fingerprint density at radius 3 is 2.83 bits per heavy atom. The van der Waals surface area contributed by atoms with Gasteiger partial charge in [-0.3, -0.25) is 0 Å². The zero-order valence-corrected chi connectivity index (χ0v) is 10.0. The Bertz CT molecular complexity index is 464. The number of nitriles is 1. The highest BCUT2D eigenvalue weighted by Crippen LogP contribution is 2.25. The Morgan fingerprint density at radius 2 is 2.22 bits per heavy atom. The number of nitrogens with two attached hydrogens (primary N) is 1. The second-order valence-corrected chi connectivity index (χ2v) is 4.42. The molecule has 6 heteroatoms. The van der Waals surface area contributed by atoms with Gasteiger partial charge in [-0.2, -0.15) is 5.26 Å². The number of rotatable bonds is 3. The van der Waals surface area contributed by atoms with Gasteiger partial charge in [0.2, 0.25) is 0 Å². The third kappa shape index (κ3) is 2.53. The smallest absolute Gasteiger partial charge is 0.165 e. The van der Waals surface area contributed by atoms with E-state index < -0.39 is 5.54 Å². The van der Waals surface area contributed by atoms with Crippen molar-refractivity contribution >= 4 is 11.5 Å². The summed E-state index contributed by atoms with van der Waals surface area (Å²) in [5.41, 5.74) is 5.74. The van der Waals surface area contributed by atoms with E-state index in [1.165, 1.54) is 0 Å². The highest BCUT2D eigenvalue weighted by atomic mass is 16.5. The molecular formula is C12H16N4O2. The van der Waals surface area contributed by atoms with Crippen molar-refractivity contribution in [3.8, 4) is 6.07 Å². The first-order valence-electron chi connectivity index (χ1n) is 5.82. The molecule has 2 heterocycles. The maximum atomic E-state index is 9.55. The fourth-order valence-electron chi connectivity index (χ4n) is 1.99. The van der Waals surface area contributed by atoms with Crippen LogP contribution < -0.4 is 11.1 Å². The minimum Gasteiger partial charge on any atom is -0.396 e. The molecule has 1 saturated heterocycles. The quantitative estimate of drug-likeness (QED) is 0.719. The Hall–Kier alpha value is -1.84. The predicted octanol–water partition coefficient (Wildman–Crippen LogP) is 0.489. The molecule has 0 amide bonds. The lowest BCUT2D eigenvalue weighted by molar-refractivity contribution is 0.0378. The molecule has 1 aliphatic heterocycles. The second-order valence-electron chi connectivity index (χ2n) is 4.42. The summed E-state index contributed by atoms with van der Waals surface area (Å²) >= 11 is 0. The molecule has 0 aromatic carbocycles. The van der Waals surface area contributed by atoms with Crippen LogP contribution in [0.4, 0.5) is 11.5 Å². The predicted molar refractivity (Wildman–Crippen MR) is 66.9 cm³/mol. The maximum Gasteiger partial charge on any atom is 0.165 e. The van der Waals surface area contributed by atoms with Crippen molar-refractivity contribution in [2.75, 3.05) is 30.9 Å². The first kappa shape index (κ1) is 12.6. The standard InChI is InChI=1S/C12H16N4O2/c13-7-10-9(14)1-2-11(15-10)16-12(8-17)3-5-18-6-4-12/h1-2,17H,3-6,8,14H2,(H,15,16). The summed E-state index contributed by atoms with van der Waals surface area (Å²) in [4.78, 5) is 4.13. The summed E-state index contributed by atoms with van der Waals surface area (Å²) in [7, 11) is 0. The van der Waals surface area contributed by atoms with E-state index >= 15 is 0 Å². The Kier molecular flexibility index (Phi) is 3.65. The molecule has 18 heavy (non-hydrogen) atoms. The third-order valence-corrected chi connectivity index (χ3v) is 3.18. The van der Waals surface area contributed by atoms with Crippen molar-refractivity contribution in [3.05, 3.63) is 17.8 Å². The van der Waals surface area contributed by atoms with E-state index in [1.807, 2.05) is 6.07 Å². The zero-order valence-electron chi connectivity index (χ0n) is 10.0. The number of hydrogen-bond donors (Lipinski definition) is 3. The van der Waals surface area contributed by atoms with E-state index in [2.05, 4.69) is 10.3 Å². The van der Waals surface area contributed by atoms with E-state index in [-0.39, 0.29) is 12.3 Å². The van der Waals surface area contributed by atoms with Gasteiger partial charge in [0.1, 0.15) is 11.9 Å². The van der Waals surface area contributed by atoms with Crippen molar-refractivity contribution in [1.29, 1.82) is 5.26 Å². The summed E-state index contributed by atoms with van der Waals surface area (Å²) in [6, 6.07) is 5.29. The number of anilines is 2. The average Bonchev–Trinajstić information content (AvgIpc) is 2.42. The number of hydrogen-bond acceptors (Lipinski definition) is 6. The summed E-state index contributed by atoms with van der Waals surface area (Å²) in [5, 5.41) is 21.6. The monoisotopic (exact) mass is 248 g/mol. The number of aliphatic hydroxyl groups excluding tert-OH is 1. The van der Waals surface area contributed by atoms with Crippen LogP contribution in [0.3, 0.4) is 0 Å². The summed E-state index contributed by atoms with van der Waals surface area (Å²) in [5.74, 6) is 0.553. The van der Waals surface area contributed by atoms with Crippen molar-refractivity contribution in [2.24, 2.45) is 0 Å². The summed E-state index contributed by atoms with van der Waals surface area (Å²) < 4.78 is 5.28. The van der Waals surface area contributed by atoms with Crippen LogP contribution in [0.15, 0.2) is 12.1 Å². The minimum atomic E-state index is -0.423. The summed E-state index contributed by atoms with van der Waals surface area (Å²) in [6.45, 7) is 1.21. The molecule has 96 valence electrons. The lowest BCUT2D eigenvalue weighted by Gasteiger charge is -2.36. The number of aromatic nitrogens is 1. The van der Waals surface area contributed by atoms with Crippen LogP contribution in [0.25, 0.3) is 0 Å². The highest BCUT2D eigenvalue weighted by molar-refractivity contribution is 5.55. The van der Waals surface area contributed by atoms with Crippen LogP contribution >= 0.6 is 0 Å². The minimum absolute atomic E-state index is 0.00427. The van der Waals surface area contributed by atoms with Gasteiger partial charge in [0.25, 0.3) is 0 Å². The molecule has 4 N–H and O–H groups in total. The van der Waals surface area contributed by atoms with Gasteiger partial charge in [0, 0.05) is 13.2 Å². The van der Waals surface area contributed by atoms with Gasteiger partial charge >= 0.3 is 0 Å². The Balaban J connectivity index is 2.19. The second kappa shape index (κ2) is 5.21. The van der Waals surface area contributed by atoms with Crippen molar-refractivity contribution in [2.45, 2.75) is 18.4 Å². The van der Waals surface area contributed by atoms with Crippen LogP contribution in [0.2, 0.25) is 0 Å². The van der Waals surface area contributed by atoms with Crippen LogP contribution in [-0.4, -0.2) is 35.5 Å². The molecule has 0 spiro atoms. The summed E-state index contributed by atoms with van der Waals surface area (Å²) in [6.07, 6.45) is 1.41. The van der Waals surface area contributed by atoms with Gasteiger partial charge in [-0.25, -0.2) is 4.98 Å². The largest absolute Gasteiger partial charge is 0.396 e. The molecule has 6 nitrogen and oxygen atoms in total. The topological polar surface area (TPSA) is 104 Å².